The Morgan fingerprint density at radius 1 is 0.762 bits per heavy atom. The highest BCUT2D eigenvalue weighted by Gasteiger charge is 2.39. The van der Waals surface area contributed by atoms with Crippen LogP contribution in [0.4, 0.5) is 0 Å². The lowest BCUT2D eigenvalue weighted by molar-refractivity contribution is 0.257. The highest BCUT2D eigenvalue weighted by molar-refractivity contribution is 7.52. The van der Waals surface area contributed by atoms with Crippen LogP contribution in [0.1, 0.15) is 91.9 Å². The molecule has 0 spiro atoms. The minimum atomic E-state index is -4.02. The molecule has 3 nitrogen and oxygen atoms in total. The number of hydrogen-bond acceptors (Lipinski definition) is 1. The van der Waals surface area contributed by atoms with Gasteiger partial charge in [0.15, 0.2) is 0 Å². The summed E-state index contributed by atoms with van der Waals surface area (Å²) in [5.41, 5.74) is -0.429. The maximum absolute atomic E-state index is 12.1. The van der Waals surface area contributed by atoms with Crippen molar-refractivity contribution in [3.05, 3.63) is 0 Å². The van der Waals surface area contributed by atoms with Gasteiger partial charge in [-0.1, -0.05) is 79.1 Å². The molecule has 128 valence electrons. The van der Waals surface area contributed by atoms with E-state index in [2.05, 4.69) is 27.7 Å². The summed E-state index contributed by atoms with van der Waals surface area (Å²) in [5.74, 6) is 0.341. The molecule has 0 aromatic heterocycles. The van der Waals surface area contributed by atoms with Gasteiger partial charge in [0.2, 0.25) is 0 Å². The number of hydrogen-bond donors (Lipinski definition) is 2. The first-order valence-electron chi connectivity index (χ1n) is 8.97. The molecule has 0 amide bonds. The first kappa shape index (κ1) is 21.1. The van der Waals surface area contributed by atoms with Crippen LogP contribution in [-0.4, -0.2) is 15.4 Å². The minimum Gasteiger partial charge on any atom is -0.324 e. The molecule has 0 aliphatic heterocycles. The Bertz CT molecular complexity index is 270. The summed E-state index contributed by atoms with van der Waals surface area (Å²) in [6.45, 7) is 8.50. The zero-order valence-electron chi connectivity index (χ0n) is 14.6. The van der Waals surface area contributed by atoms with Gasteiger partial charge < -0.3 is 9.79 Å². The minimum absolute atomic E-state index is 0.170. The van der Waals surface area contributed by atoms with Crippen molar-refractivity contribution < 1.29 is 14.4 Å². The van der Waals surface area contributed by atoms with Crippen LogP contribution in [0.3, 0.4) is 0 Å². The summed E-state index contributed by atoms with van der Waals surface area (Å²) < 4.78 is 12.1. The van der Waals surface area contributed by atoms with E-state index >= 15 is 0 Å². The van der Waals surface area contributed by atoms with Gasteiger partial charge in [0.1, 0.15) is 0 Å². The first-order valence-corrected chi connectivity index (χ1v) is 10.7. The molecule has 2 N–H and O–H groups in total. The number of rotatable bonds is 13. The Labute approximate surface area is 132 Å². The van der Waals surface area contributed by atoms with E-state index in [1.54, 1.807) is 0 Å². The van der Waals surface area contributed by atoms with E-state index in [9.17, 15) is 14.4 Å². The van der Waals surface area contributed by atoms with Crippen LogP contribution in [0.2, 0.25) is 0 Å². The van der Waals surface area contributed by atoms with E-state index in [-0.39, 0.29) is 11.8 Å². The zero-order chi connectivity index (χ0) is 16.3. The van der Waals surface area contributed by atoms with Crippen molar-refractivity contribution in [2.75, 3.05) is 0 Å². The molecular weight excluding hydrogens is 283 g/mol. The molecule has 0 aromatic carbocycles. The summed E-state index contributed by atoms with van der Waals surface area (Å²) >= 11 is 0. The van der Waals surface area contributed by atoms with Crippen molar-refractivity contribution in [3.63, 3.8) is 0 Å². The Hall–Kier alpha value is 0.150. The molecular formula is C17H37O3P. The maximum Gasteiger partial charge on any atom is 0.329 e. The Morgan fingerprint density at radius 2 is 1.14 bits per heavy atom. The second-order valence-corrected chi connectivity index (χ2v) is 8.18. The summed E-state index contributed by atoms with van der Waals surface area (Å²) in [7, 11) is -4.02. The molecule has 0 fully saturated rings. The van der Waals surface area contributed by atoms with Crippen LogP contribution in [0.25, 0.3) is 0 Å². The molecule has 0 aromatic rings. The summed E-state index contributed by atoms with van der Waals surface area (Å²) in [6, 6.07) is 0. The molecule has 4 heteroatoms. The lowest BCUT2D eigenvalue weighted by Crippen LogP contribution is -2.29. The van der Waals surface area contributed by atoms with Crippen LogP contribution >= 0.6 is 7.60 Å². The largest absolute Gasteiger partial charge is 0.329 e. The third-order valence-corrected chi connectivity index (χ3v) is 6.38. The molecule has 0 radical (unpaired) electrons. The van der Waals surface area contributed by atoms with Crippen LogP contribution in [0, 0.1) is 11.8 Å². The van der Waals surface area contributed by atoms with Gasteiger partial charge in [0.05, 0.1) is 5.66 Å². The van der Waals surface area contributed by atoms with E-state index in [1.165, 1.54) is 0 Å². The van der Waals surface area contributed by atoms with Crippen molar-refractivity contribution >= 4 is 7.60 Å². The Kier molecular flexibility index (Phi) is 11.8. The SMILES string of the molecule is CCCCCC(CC)C(C(CC)CCCCC)P(=O)(O)O. The van der Waals surface area contributed by atoms with Crippen molar-refractivity contribution in [2.24, 2.45) is 11.8 Å². The van der Waals surface area contributed by atoms with Gasteiger partial charge in [-0.3, -0.25) is 4.57 Å². The van der Waals surface area contributed by atoms with E-state index < -0.39 is 13.3 Å². The fraction of sp³-hybridized carbons (Fsp3) is 1.00. The zero-order valence-corrected chi connectivity index (χ0v) is 15.4. The average Bonchev–Trinajstić information content (AvgIpc) is 2.43. The molecule has 0 aliphatic rings. The van der Waals surface area contributed by atoms with Gasteiger partial charge in [-0.2, -0.15) is 0 Å². The van der Waals surface area contributed by atoms with E-state index in [0.29, 0.717) is 0 Å². The number of unbranched alkanes of at least 4 members (excludes halogenated alkanes) is 4. The van der Waals surface area contributed by atoms with Crippen LogP contribution < -0.4 is 0 Å². The molecule has 0 bridgehead atoms. The predicted octanol–water partition coefficient (Wildman–Crippen LogP) is 5.75. The van der Waals surface area contributed by atoms with Crippen molar-refractivity contribution in [1.82, 2.24) is 0 Å². The van der Waals surface area contributed by atoms with Crippen LogP contribution in [-0.2, 0) is 4.57 Å². The lowest BCUT2D eigenvalue weighted by Gasteiger charge is -2.33. The Morgan fingerprint density at radius 3 is 1.38 bits per heavy atom. The van der Waals surface area contributed by atoms with E-state index in [4.69, 9.17) is 0 Å². The van der Waals surface area contributed by atoms with Gasteiger partial charge in [-0.15, -0.1) is 0 Å². The lowest BCUT2D eigenvalue weighted by atomic mass is 9.84. The van der Waals surface area contributed by atoms with Crippen LogP contribution in [0.5, 0.6) is 0 Å². The van der Waals surface area contributed by atoms with Gasteiger partial charge in [0.25, 0.3) is 0 Å². The highest BCUT2D eigenvalue weighted by Crippen LogP contribution is 2.52. The van der Waals surface area contributed by atoms with Crippen molar-refractivity contribution in [1.29, 1.82) is 0 Å². The molecule has 0 saturated carbocycles. The molecule has 0 heterocycles. The Balaban J connectivity index is 4.90. The molecule has 0 saturated heterocycles. The summed E-state index contributed by atoms with van der Waals surface area (Å²) in [6.07, 6.45) is 10.5. The quantitative estimate of drug-likeness (QED) is 0.336. The maximum atomic E-state index is 12.1. The smallest absolute Gasteiger partial charge is 0.324 e. The van der Waals surface area contributed by atoms with Crippen molar-refractivity contribution in [2.45, 2.75) is 97.6 Å². The second kappa shape index (κ2) is 11.7. The highest BCUT2D eigenvalue weighted by atomic mass is 31.2. The topological polar surface area (TPSA) is 57.5 Å². The van der Waals surface area contributed by atoms with Gasteiger partial charge in [-0.25, -0.2) is 0 Å². The van der Waals surface area contributed by atoms with Gasteiger partial charge in [0, 0.05) is 0 Å². The van der Waals surface area contributed by atoms with Crippen LogP contribution in [0.15, 0.2) is 0 Å². The first-order chi connectivity index (χ1) is 9.92. The standard InChI is InChI=1S/C17H37O3P/c1-5-9-11-13-15(7-3)17(21(18,19)20)16(8-4)14-12-10-6-2/h15-17H,5-14H2,1-4H3,(H2,18,19,20). The fourth-order valence-corrected chi connectivity index (χ4v) is 5.30. The van der Waals surface area contributed by atoms with E-state index in [0.717, 1.165) is 64.2 Å². The third kappa shape index (κ3) is 8.38. The average molecular weight is 320 g/mol. The molecule has 0 aliphatic carbocycles. The predicted molar refractivity (Wildman–Crippen MR) is 91.7 cm³/mol. The van der Waals surface area contributed by atoms with Gasteiger partial charge in [-0.05, 0) is 24.7 Å². The molecule has 21 heavy (non-hydrogen) atoms. The molecule has 2 atom stereocenters. The molecule has 2 unspecified atom stereocenters. The monoisotopic (exact) mass is 320 g/mol. The van der Waals surface area contributed by atoms with E-state index in [1.807, 2.05) is 0 Å². The second-order valence-electron chi connectivity index (χ2n) is 6.41. The van der Waals surface area contributed by atoms with Gasteiger partial charge >= 0.3 is 7.60 Å². The third-order valence-electron chi connectivity index (χ3n) is 4.76. The fourth-order valence-electron chi connectivity index (χ4n) is 3.48. The molecule has 0 rings (SSSR count). The van der Waals surface area contributed by atoms with Crippen molar-refractivity contribution in [3.8, 4) is 0 Å². The summed E-state index contributed by atoms with van der Waals surface area (Å²) in [4.78, 5) is 19.8. The summed E-state index contributed by atoms with van der Waals surface area (Å²) in [5, 5.41) is 0. The normalized spacial score (nSPS) is 16.7.